The van der Waals surface area contributed by atoms with Gasteiger partial charge in [0.05, 0.1) is 0 Å². The van der Waals surface area contributed by atoms with Crippen molar-refractivity contribution >= 4 is 16.0 Å². The van der Waals surface area contributed by atoms with Gasteiger partial charge >= 0.3 is 0 Å². The Morgan fingerprint density at radius 2 is 1.78 bits per heavy atom. The number of Topliss-reactive ketones (excluding diaryl/α,β-unsaturated/α-hetero) is 1. The number of carbonyl (C=O) groups is 1. The van der Waals surface area contributed by atoms with Gasteiger partial charge in [0.25, 0.3) is 10.2 Å². The van der Waals surface area contributed by atoms with Gasteiger partial charge < -0.3 is 0 Å². The summed E-state index contributed by atoms with van der Waals surface area (Å²) in [7, 11) is -3.34. The van der Waals surface area contributed by atoms with Crippen LogP contribution in [0.5, 0.6) is 0 Å². The lowest BCUT2D eigenvalue weighted by Gasteiger charge is -2.32. The topological polar surface area (TPSA) is 57.7 Å². The van der Waals surface area contributed by atoms with Crippen molar-refractivity contribution in [1.82, 2.24) is 8.61 Å². The molecule has 0 aromatic heterocycles. The van der Waals surface area contributed by atoms with E-state index in [0.717, 1.165) is 32.1 Å². The highest BCUT2D eigenvalue weighted by molar-refractivity contribution is 7.86. The van der Waals surface area contributed by atoms with Crippen molar-refractivity contribution in [3.63, 3.8) is 0 Å². The van der Waals surface area contributed by atoms with E-state index in [0.29, 0.717) is 26.1 Å². The molecule has 2 aliphatic rings. The fraction of sp³-hybridized carbons (Fsp3) is 0.917. The minimum atomic E-state index is -3.34. The van der Waals surface area contributed by atoms with Crippen molar-refractivity contribution in [2.45, 2.75) is 51.5 Å². The second-order valence-corrected chi connectivity index (χ2v) is 7.16. The van der Waals surface area contributed by atoms with Gasteiger partial charge in [-0.3, -0.25) is 4.79 Å². The molecule has 5 nitrogen and oxygen atoms in total. The third kappa shape index (κ3) is 2.92. The van der Waals surface area contributed by atoms with E-state index < -0.39 is 10.2 Å². The van der Waals surface area contributed by atoms with Gasteiger partial charge in [0.1, 0.15) is 5.78 Å². The predicted octanol–water partition coefficient (Wildman–Crippen LogP) is 1.16. The van der Waals surface area contributed by atoms with Gasteiger partial charge in [0, 0.05) is 32.1 Å². The van der Waals surface area contributed by atoms with Gasteiger partial charge in [-0.1, -0.05) is 6.42 Å². The Balaban J connectivity index is 2.10. The van der Waals surface area contributed by atoms with E-state index in [9.17, 15) is 13.2 Å². The molecule has 2 heterocycles. The van der Waals surface area contributed by atoms with E-state index in [2.05, 4.69) is 0 Å². The average molecular weight is 274 g/mol. The van der Waals surface area contributed by atoms with Crippen LogP contribution in [0.4, 0.5) is 0 Å². The van der Waals surface area contributed by atoms with Crippen LogP contribution in [0.25, 0.3) is 0 Å². The molecule has 6 heteroatoms. The highest BCUT2D eigenvalue weighted by Gasteiger charge is 2.38. The molecule has 0 spiro atoms. The Bertz CT molecular complexity index is 402. The maximum absolute atomic E-state index is 12.5. The van der Waals surface area contributed by atoms with Crippen LogP contribution in [0.15, 0.2) is 0 Å². The molecule has 0 saturated carbocycles. The molecule has 0 aromatic carbocycles. The zero-order chi connectivity index (χ0) is 13.2. The third-order valence-corrected chi connectivity index (χ3v) is 5.88. The molecule has 0 aliphatic carbocycles. The normalized spacial score (nSPS) is 27.5. The van der Waals surface area contributed by atoms with E-state index in [4.69, 9.17) is 0 Å². The predicted molar refractivity (Wildman–Crippen MR) is 69.4 cm³/mol. The number of nitrogens with zero attached hydrogens (tertiary/aromatic N) is 2. The van der Waals surface area contributed by atoms with E-state index >= 15 is 0 Å². The number of rotatable bonds is 4. The molecule has 0 N–H and O–H groups in total. The molecule has 2 aliphatic heterocycles. The Labute approximate surface area is 109 Å². The van der Waals surface area contributed by atoms with Crippen molar-refractivity contribution in [3.05, 3.63) is 0 Å². The summed E-state index contributed by atoms with van der Waals surface area (Å²) in [6.07, 6.45) is 5.04. The lowest BCUT2D eigenvalue weighted by molar-refractivity contribution is -0.117. The Kier molecular flexibility index (Phi) is 4.40. The van der Waals surface area contributed by atoms with Crippen LogP contribution in [0, 0.1) is 0 Å². The lowest BCUT2D eigenvalue weighted by Crippen LogP contribution is -2.48. The molecular formula is C12H22N2O3S. The molecule has 0 bridgehead atoms. The van der Waals surface area contributed by atoms with Crippen LogP contribution in [0.3, 0.4) is 0 Å². The summed E-state index contributed by atoms with van der Waals surface area (Å²) in [5, 5.41) is 0. The van der Waals surface area contributed by atoms with Crippen molar-refractivity contribution in [1.29, 1.82) is 0 Å². The molecule has 2 rings (SSSR count). The first-order valence-electron chi connectivity index (χ1n) is 6.78. The van der Waals surface area contributed by atoms with Gasteiger partial charge in [-0.25, -0.2) is 0 Å². The number of carbonyl (C=O) groups excluding carboxylic acids is 1. The van der Waals surface area contributed by atoms with Crippen molar-refractivity contribution in [2.24, 2.45) is 0 Å². The number of hydrogen-bond acceptors (Lipinski definition) is 3. The number of ketones is 1. The molecule has 0 aromatic rings. The quantitative estimate of drug-likeness (QED) is 0.773. The maximum Gasteiger partial charge on any atom is 0.282 e. The first-order valence-corrected chi connectivity index (χ1v) is 8.18. The average Bonchev–Trinajstić information content (AvgIpc) is 2.78. The van der Waals surface area contributed by atoms with E-state index in [1.54, 1.807) is 8.61 Å². The van der Waals surface area contributed by atoms with Crippen LogP contribution >= 0.6 is 0 Å². The summed E-state index contributed by atoms with van der Waals surface area (Å²) < 4.78 is 28.2. The van der Waals surface area contributed by atoms with Gasteiger partial charge in [-0.05, 0) is 32.6 Å². The first kappa shape index (κ1) is 14.0. The molecule has 18 heavy (non-hydrogen) atoms. The molecule has 0 radical (unpaired) electrons. The maximum atomic E-state index is 12.5. The summed E-state index contributed by atoms with van der Waals surface area (Å²) in [4.78, 5) is 11.2. The van der Waals surface area contributed by atoms with Gasteiger partial charge in [0.2, 0.25) is 0 Å². The SMILES string of the molecule is CC(=O)CC1CCCN1S(=O)(=O)N1CCCCC1. The summed E-state index contributed by atoms with van der Waals surface area (Å²) in [5.74, 6) is 0.0701. The number of piperidine rings is 1. The highest BCUT2D eigenvalue weighted by Crippen LogP contribution is 2.27. The molecular weight excluding hydrogens is 252 g/mol. The van der Waals surface area contributed by atoms with E-state index in [1.807, 2.05) is 0 Å². The van der Waals surface area contributed by atoms with Gasteiger partial charge in [-0.2, -0.15) is 17.0 Å². The fourth-order valence-electron chi connectivity index (χ4n) is 2.89. The molecule has 2 saturated heterocycles. The molecule has 2 fully saturated rings. The monoisotopic (exact) mass is 274 g/mol. The second kappa shape index (κ2) is 5.67. The van der Waals surface area contributed by atoms with Crippen LogP contribution < -0.4 is 0 Å². The van der Waals surface area contributed by atoms with E-state index in [-0.39, 0.29) is 11.8 Å². The van der Waals surface area contributed by atoms with Crippen LogP contribution in [-0.4, -0.2) is 48.5 Å². The fourth-order valence-corrected chi connectivity index (χ4v) is 4.83. The zero-order valence-electron chi connectivity index (χ0n) is 11.0. The highest BCUT2D eigenvalue weighted by atomic mass is 32.2. The molecule has 1 atom stereocenters. The summed E-state index contributed by atoms with van der Waals surface area (Å²) in [6.45, 7) is 3.36. The van der Waals surface area contributed by atoms with Crippen molar-refractivity contribution in [3.8, 4) is 0 Å². The van der Waals surface area contributed by atoms with Crippen LogP contribution in [0.2, 0.25) is 0 Å². The summed E-state index contributed by atoms with van der Waals surface area (Å²) >= 11 is 0. The largest absolute Gasteiger partial charge is 0.300 e. The summed E-state index contributed by atoms with van der Waals surface area (Å²) in [6, 6.07) is -0.116. The zero-order valence-corrected chi connectivity index (χ0v) is 11.8. The Morgan fingerprint density at radius 3 is 2.39 bits per heavy atom. The Hall–Kier alpha value is -0.460. The second-order valence-electron chi connectivity index (χ2n) is 5.28. The molecule has 104 valence electrons. The third-order valence-electron chi connectivity index (χ3n) is 3.78. The molecule has 1 unspecified atom stereocenters. The summed E-state index contributed by atoms with van der Waals surface area (Å²) in [5.41, 5.74) is 0. The minimum Gasteiger partial charge on any atom is -0.300 e. The lowest BCUT2D eigenvalue weighted by atomic mass is 10.1. The number of hydrogen-bond donors (Lipinski definition) is 0. The first-order chi connectivity index (χ1) is 8.51. The minimum absolute atomic E-state index is 0.0701. The van der Waals surface area contributed by atoms with Crippen LogP contribution in [-0.2, 0) is 15.0 Å². The van der Waals surface area contributed by atoms with Gasteiger partial charge in [-0.15, -0.1) is 0 Å². The van der Waals surface area contributed by atoms with E-state index in [1.165, 1.54) is 6.92 Å². The smallest absolute Gasteiger partial charge is 0.282 e. The molecule has 0 amide bonds. The van der Waals surface area contributed by atoms with Gasteiger partial charge in [0.15, 0.2) is 0 Å². The van der Waals surface area contributed by atoms with Crippen molar-refractivity contribution < 1.29 is 13.2 Å². The van der Waals surface area contributed by atoms with Crippen molar-refractivity contribution in [2.75, 3.05) is 19.6 Å². The standard InChI is InChI=1S/C12H22N2O3S/c1-11(15)10-12-6-5-9-14(12)18(16,17)13-7-3-2-4-8-13/h12H,2-10H2,1H3. The van der Waals surface area contributed by atoms with Crippen LogP contribution in [0.1, 0.15) is 45.4 Å². The Morgan fingerprint density at radius 1 is 1.11 bits per heavy atom.